The number of hydrogen-bond donors (Lipinski definition) is 0. The Morgan fingerprint density at radius 3 is 1.81 bits per heavy atom. The summed E-state index contributed by atoms with van der Waals surface area (Å²) in [6, 6.07) is 0. The molecule has 0 radical (unpaired) electrons. The molecule has 0 saturated carbocycles. The lowest BCUT2D eigenvalue weighted by Crippen LogP contribution is -2.35. The summed E-state index contributed by atoms with van der Waals surface area (Å²) in [6.07, 6.45) is 7.20. The maximum Gasteiger partial charge on any atom is 0.314 e. The third-order valence-electron chi connectivity index (χ3n) is 3.39. The molecular weight excluding hydrogens is 204 g/mol. The second-order valence-electron chi connectivity index (χ2n) is 4.91. The molecule has 0 unspecified atom stereocenters. The zero-order valence-corrected chi connectivity index (χ0v) is 10.4. The van der Waals surface area contributed by atoms with Crippen LogP contribution < -0.4 is 0 Å². The number of ether oxygens (including phenoxy) is 1. The fourth-order valence-electron chi connectivity index (χ4n) is 2.46. The summed E-state index contributed by atoms with van der Waals surface area (Å²) in [4.78, 5) is 22.7. The van der Waals surface area contributed by atoms with Crippen LogP contribution in [0.4, 0.5) is 0 Å². The average Bonchev–Trinajstić information content (AvgIpc) is 2.22. The Kier molecular flexibility index (Phi) is 4.97. The first-order valence-corrected chi connectivity index (χ1v) is 6.35. The summed E-state index contributed by atoms with van der Waals surface area (Å²) in [6.45, 7) is 4.27. The van der Waals surface area contributed by atoms with Gasteiger partial charge in [-0.25, -0.2) is 0 Å². The second-order valence-corrected chi connectivity index (χ2v) is 4.91. The molecule has 1 heterocycles. The van der Waals surface area contributed by atoms with Gasteiger partial charge in [-0.05, 0) is 18.3 Å². The molecule has 0 aliphatic carbocycles. The van der Waals surface area contributed by atoms with Crippen molar-refractivity contribution in [1.29, 1.82) is 0 Å². The van der Waals surface area contributed by atoms with Crippen LogP contribution >= 0.6 is 0 Å². The smallest absolute Gasteiger partial charge is 0.314 e. The molecule has 3 heteroatoms. The molecule has 0 N–H and O–H groups in total. The van der Waals surface area contributed by atoms with Gasteiger partial charge < -0.3 is 4.74 Å². The molecule has 92 valence electrons. The number of carbonyl (C=O) groups is 2. The summed E-state index contributed by atoms with van der Waals surface area (Å²) in [5.41, 5.74) is -0.0988. The highest BCUT2D eigenvalue weighted by molar-refractivity contribution is 5.89. The van der Waals surface area contributed by atoms with Gasteiger partial charge in [0.05, 0.1) is 12.8 Å². The first-order chi connectivity index (χ1) is 7.62. The van der Waals surface area contributed by atoms with Gasteiger partial charge in [0.1, 0.15) is 0 Å². The van der Waals surface area contributed by atoms with Crippen LogP contribution in [0.3, 0.4) is 0 Å². The van der Waals surface area contributed by atoms with Gasteiger partial charge in [0.2, 0.25) is 0 Å². The number of esters is 2. The van der Waals surface area contributed by atoms with Crippen LogP contribution in [-0.2, 0) is 14.3 Å². The monoisotopic (exact) mass is 226 g/mol. The number of unbranched alkanes of at least 4 members (excludes halogenated alkanes) is 2. The maximum atomic E-state index is 11.4. The van der Waals surface area contributed by atoms with Crippen LogP contribution in [0.1, 0.15) is 65.2 Å². The zero-order valence-electron chi connectivity index (χ0n) is 10.4. The minimum atomic E-state index is -0.330. The molecule has 0 bridgehead atoms. The standard InChI is InChI=1S/C13H22O3/c1-3-5-7-13(8-6-4-2)9-11(14)16-12(15)10-13/h3-10H2,1-2H3. The van der Waals surface area contributed by atoms with Crippen molar-refractivity contribution >= 4 is 11.9 Å². The molecule has 0 amide bonds. The largest absolute Gasteiger partial charge is 0.393 e. The Labute approximate surface area is 97.5 Å². The van der Waals surface area contributed by atoms with Crippen molar-refractivity contribution in [1.82, 2.24) is 0 Å². The highest BCUT2D eigenvalue weighted by atomic mass is 16.6. The third-order valence-corrected chi connectivity index (χ3v) is 3.39. The van der Waals surface area contributed by atoms with Crippen molar-refractivity contribution in [3.05, 3.63) is 0 Å². The minimum Gasteiger partial charge on any atom is -0.393 e. The molecular formula is C13H22O3. The molecule has 16 heavy (non-hydrogen) atoms. The van der Waals surface area contributed by atoms with Crippen LogP contribution in [0.5, 0.6) is 0 Å². The van der Waals surface area contributed by atoms with Crippen molar-refractivity contribution in [3.8, 4) is 0 Å². The maximum absolute atomic E-state index is 11.4. The number of carbonyl (C=O) groups excluding carboxylic acids is 2. The van der Waals surface area contributed by atoms with Gasteiger partial charge in [0, 0.05) is 0 Å². The molecule has 1 fully saturated rings. The highest BCUT2D eigenvalue weighted by Crippen LogP contribution is 2.41. The highest BCUT2D eigenvalue weighted by Gasteiger charge is 2.39. The van der Waals surface area contributed by atoms with E-state index in [-0.39, 0.29) is 17.4 Å². The van der Waals surface area contributed by atoms with E-state index in [1.54, 1.807) is 0 Å². The predicted molar refractivity (Wildman–Crippen MR) is 61.8 cm³/mol. The van der Waals surface area contributed by atoms with Crippen LogP contribution in [0, 0.1) is 5.41 Å². The van der Waals surface area contributed by atoms with E-state index in [1.165, 1.54) is 0 Å². The van der Waals surface area contributed by atoms with E-state index in [0.717, 1.165) is 38.5 Å². The van der Waals surface area contributed by atoms with E-state index in [1.807, 2.05) is 0 Å². The van der Waals surface area contributed by atoms with Crippen molar-refractivity contribution in [2.45, 2.75) is 65.2 Å². The first kappa shape index (κ1) is 13.2. The Morgan fingerprint density at radius 1 is 1.00 bits per heavy atom. The van der Waals surface area contributed by atoms with Crippen LogP contribution in [0.15, 0.2) is 0 Å². The minimum absolute atomic E-state index is 0.0988. The van der Waals surface area contributed by atoms with Gasteiger partial charge in [-0.2, -0.15) is 0 Å². The zero-order chi connectivity index (χ0) is 12.0. The van der Waals surface area contributed by atoms with E-state index in [0.29, 0.717) is 12.8 Å². The van der Waals surface area contributed by atoms with Gasteiger partial charge in [0.25, 0.3) is 0 Å². The van der Waals surface area contributed by atoms with Gasteiger partial charge in [-0.15, -0.1) is 0 Å². The third kappa shape index (κ3) is 3.62. The molecule has 1 aliphatic rings. The Morgan fingerprint density at radius 2 is 1.44 bits per heavy atom. The van der Waals surface area contributed by atoms with E-state index >= 15 is 0 Å². The Hall–Kier alpha value is -0.860. The van der Waals surface area contributed by atoms with Crippen LogP contribution in [0.25, 0.3) is 0 Å². The predicted octanol–water partition coefficient (Wildman–Crippen LogP) is 3.22. The summed E-state index contributed by atoms with van der Waals surface area (Å²) in [5, 5.41) is 0. The van der Waals surface area contributed by atoms with E-state index in [4.69, 9.17) is 0 Å². The lowest BCUT2D eigenvalue weighted by atomic mass is 9.72. The summed E-state index contributed by atoms with van der Waals surface area (Å²) < 4.78 is 4.62. The molecule has 0 spiro atoms. The summed E-state index contributed by atoms with van der Waals surface area (Å²) >= 11 is 0. The summed E-state index contributed by atoms with van der Waals surface area (Å²) in [5.74, 6) is -0.660. The van der Waals surface area contributed by atoms with E-state index in [9.17, 15) is 9.59 Å². The SMILES string of the molecule is CCCCC1(CCCC)CC(=O)OC(=O)C1. The molecule has 0 aromatic carbocycles. The number of hydrogen-bond acceptors (Lipinski definition) is 3. The van der Waals surface area contributed by atoms with Gasteiger partial charge in [-0.3, -0.25) is 9.59 Å². The Bertz CT molecular complexity index is 232. The van der Waals surface area contributed by atoms with Crippen molar-refractivity contribution in [2.24, 2.45) is 5.41 Å². The normalized spacial score (nSPS) is 19.6. The molecule has 3 nitrogen and oxygen atoms in total. The van der Waals surface area contributed by atoms with Gasteiger partial charge in [0.15, 0.2) is 0 Å². The molecule has 1 saturated heterocycles. The van der Waals surface area contributed by atoms with Gasteiger partial charge >= 0.3 is 11.9 Å². The molecule has 1 rings (SSSR count). The van der Waals surface area contributed by atoms with Gasteiger partial charge in [-0.1, -0.05) is 39.5 Å². The van der Waals surface area contributed by atoms with Crippen LogP contribution in [0.2, 0.25) is 0 Å². The average molecular weight is 226 g/mol. The topological polar surface area (TPSA) is 43.4 Å². The van der Waals surface area contributed by atoms with Crippen molar-refractivity contribution in [3.63, 3.8) is 0 Å². The molecule has 0 atom stereocenters. The molecule has 0 aromatic heterocycles. The van der Waals surface area contributed by atoms with E-state index < -0.39 is 0 Å². The number of rotatable bonds is 6. The summed E-state index contributed by atoms with van der Waals surface area (Å²) in [7, 11) is 0. The second kappa shape index (κ2) is 6.02. The fraction of sp³-hybridized carbons (Fsp3) is 0.846. The first-order valence-electron chi connectivity index (χ1n) is 6.35. The molecule has 0 aromatic rings. The quantitative estimate of drug-likeness (QED) is 0.516. The Balaban J connectivity index is 2.67. The lowest BCUT2D eigenvalue weighted by molar-refractivity contribution is -0.170. The fourth-order valence-corrected chi connectivity index (χ4v) is 2.46. The van der Waals surface area contributed by atoms with Crippen LogP contribution in [-0.4, -0.2) is 11.9 Å². The van der Waals surface area contributed by atoms with E-state index in [2.05, 4.69) is 18.6 Å². The number of cyclic esters (lactones) is 2. The lowest BCUT2D eigenvalue weighted by Gasteiger charge is -2.35. The molecule has 1 aliphatic heterocycles. The van der Waals surface area contributed by atoms with Crippen molar-refractivity contribution < 1.29 is 14.3 Å². The van der Waals surface area contributed by atoms with Crippen molar-refractivity contribution in [2.75, 3.05) is 0 Å².